The molecule has 0 aromatic heterocycles. The molecule has 1 atom stereocenters. The molecule has 6 rings (SSSR count). The number of likely N-dealkylation sites (tertiary alicyclic amines) is 2. The van der Waals surface area contributed by atoms with Crippen molar-refractivity contribution in [1.82, 2.24) is 24.9 Å². The van der Waals surface area contributed by atoms with Crippen LogP contribution in [-0.4, -0.2) is 129 Å². The number of benzene rings is 3. The SMILES string of the molecule is COc1cc(C(=O)N2CCC(CCN3CCC(NC(=O)N4CCN(CC(=O)O)CC4)(c4ccccc4)CC3)(c3ccc(C)c(C)c3)C2)cc(OC)c1OC. The van der Waals surface area contributed by atoms with Crippen molar-refractivity contribution in [3.63, 3.8) is 0 Å². The second kappa shape index (κ2) is 16.7. The summed E-state index contributed by atoms with van der Waals surface area (Å²) in [5.41, 5.74) is 4.62. The summed E-state index contributed by atoms with van der Waals surface area (Å²) in [6, 6.07) is 20.4. The number of piperazine rings is 1. The van der Waals surface area contributed by atoms with Crippen LogP contribution >= 0.6 is 0 Å². The van der Waals surface area contributed by atoms with Crippen molar-refractivity contribution in [2.24, 2.45) is 0 Å². The van der Waals surface area contributed by atoms with E-state index in [1.807, 2.05) is 32.9 Å². The Labute approximate surface area is 318 Å². The Hall–Kier alpha value is -4.81. The normalized spacial score (nSPS) is 20.4. The van der Waals surface area contributed by atoms with Crippen LogP contribution in [0.1, 0.15) is 58.3 Å². The van der Waals surface area contributed by atoms with E-state index in [1.165, 1.54) is 16.7 Å². The number of amides is 3. The first kappa shape index (κ1) is 38.9. The number of carbonyl (C=O) groups excluding carboxylic acids is 2. The van der Waals surface area contributed by atoms with Gasteiger partial charge in [0.15, 0.2) is 11.5 Å². The van der Waals surface area contributed by atoms with Gasteiger partial charge in [-0.05, 0) is 80.5 Å². The third kappa shape index (κ3) is 8.29. The molecule has 3 aromatic rings. The lowest BCUT2D eigenvalue weighted by Crippen LogP contribution is -2.59. The van der Waals surface area contributed by atoms with Gasteiger partial charge in [0.25, 0.3) is 5.91 Å². The van der Waals surface area contributed by atoms with Gasteiger partial charge in [0.2, 0.25) is 5.75 Å². The van der Waals surface area contributed by atoms with E-state index >= 15 is 0 Å². The maximum absolute atomic E-state index is 14.1. The molecule has 12 heteroatoms. The number of nitrogens with one attached hydrogen (secondary N) is 1. The molecule has 0 radical (unpaired) electrons. The van der Waals surface area contributed by atoms with Gasteiger partial charge in [-0.1, -0.05) is 48.5 Å². The number of rotatable bonds is 12. The van der Waals surface area contributed by atoms with Crippen LogP contribution in [0, 0.1) is 13.8 Å². The van der Waals surface area contributed by atoms with E-state index in [2.05, 4.69) is 54.4 Å². The molecule has 54 heavy (non-hydrogen) atoms. The average molecular weight is 742 g/mol. The predicted octanol–water partition coefficient (Wildman–Crippen LogP) is 4.91. The quantitative estimate of drug-likeness (QED) is 0.267. The predicted molar refractivity (Wildman–Crippen MR) is 207 cm³/mol. The number of nitrogens with zero attached hydrogens (tertiary/aromatic N) is 4. The lowest BCUT2D eigenvalue weighted by atomic mass is 9.75. The highest BCUT2D eigenvalue weighted by Gasteiger charge is 2.44. The van der Waals surface area contributed by atoms with Crippen molar-refractivity contribution < 1.29 is 33.7 Å². The van der Waals surface area contributed by atoms with Gasteiger partial charge < -0.3 is 39.3 Å². The fraction of sp³-hybridized carbons (Fsp3) is 0.500. The summed E-state index contributed by atoms with van der Waals surface area (Å²) in [6.07, 6.45) is 3.28. The summed E-state index contributed by atoms with van der Waals surface area (Å²) in [5.74, 6) is 0.439. The standard InChI is InChI=1S/C42H55N5O7/c1-30-11-12-34(25-31(30)2)41(14-20-47(29-41)39(50)32-26-35(52-3)38(54-5)36(27-32)53-4)13-17-44-18-15-42(16-19-44,33-9-7-6-8-10-33)43-40(51)46-23-21-45(22-24-46)28-37(48)49/h6-12,25-27H,13-24,28-29H2,1-5H3,(H,43,51)(H,48,49). The molecule has 0 spiro atoms. The Kier molecular flexibility index (Phi) is 12.0. The van der Waals surface area contributed by atoms with Crippen molar-refractivity contribution in [3.8, 4) is 17.2 Å². The molecule has 3 fully saturated rings. The summed E-state index contributed by atoms with van der Waals surface area (Å²) >= 11 is 0. The number of urea groups is 1. The van der Waals surface area contributed by atoms with Crippen molar-refractivity contribution in [3.05, 3.63) is 88.5 Å². The van der Waals surface area contributed by atoms with Crippen molar-refractivity contribution in [2.75, 3.05) is 86.8 Å². The fourth-order valence-corrected chi connectivity index (χ4v) is 8.45. The van der Waals surface area contributed by atoms with Crippen LogP contribution in [0.15, 0.2) is 60.7 Å². The summed E-state index contributed by atoms with van der Waals surface area (Å²) in [7, 11) is 4.66. The summed E-state index contributed by atoms with van der Waals surface area (Å²) in [4.78, 5) is 47.2. The number of carbonyl (C=O) groups is 3. The lowest BCUT2D eigenvalue weighted by molar-refractivity contribution is -0.138. The Bertz CT molecular complexity index is 1780. The molecule has 3 aliphatic rings. The molecular formula is C42H55N5O7. The highest BCUT2D eigenvalue weighted by molar-refractivity contribution is 5.96. The molecule has 290 valence electrons. The minimum atomic E-state index is -0.850. The Morgan fingerprint density at radius 2 is 1.39 bits per heavy atom. The number of carboxylic acid groups (broad SMARTS) is 1. The molecule has 3 saturated heterocycles. The number of hydrogen-bond donors (Lipinski definition) is 2. The molecule has 3 aliphatic heterocycles. The van der Waals surface area contributed by atoms with Crippen molar-refractivity contribution >= 4 is 17.9 Å². The number of aliphatic carboxylic acids is 1. The second-order valence-corrected chi connectivity index (χ2v) is 15.1. The van der Waals surface area contributed by atoms with Crippen LogP contribution < -0.4 is 19.5 Å². The van der Waals surface area contributed by atoms with Gasteiger partial charge in [0.05, 0.1) is 33.4 Å². The minimum absolute atomic E-state index is 0.00842. The number of ether oxygens (including phenoxy) is 3. The maximum atomic E-state index is 14.1. The Morgan fingerprint density at radius 3 is 1.98 bits per heavy atom. The summed E-state index contributed by atoms with van der Waals surface area (Å²) in [5, 5.41) is 12.6. The van der Waals surface area contributed by atoms with E-state index < -0.39 is 11.5 Å². The number of aryl methyl sites for hydroxylation is 2. The van der Waals surface area contributed by atoms with Crippen LogP contribution in [0.3, 0.4) is 0 Å². The highest BCUT2D eigenvalue weighted by Crippen LogP contribution is 2.42. The fourth-order valence-electron chi connectivity index (χ4n) is 8.45. The zero-order valence-corrected chi connectivity index (χ0v) is 32.4. The molecule has 3 heterocycles. The van der Waals surface area contributed by atoms with Crippen LogP contribution in [0.2, 0.25) is 0 Å². The van der Waals surface area contributed by atoms with Crippen LogP contribution in [0.5, 0.6) is 17.2 Å². The van der Waals surface area contributed by atoms with Gasteiger partial charge in [-0.2, -0.15) is 0 Å². The molecular weight excluding hydrogens is 686 g/mol. The first-order valence-corrected chi connectivity index (χ1v) is 19.0. The molecule has 0 aliphatic carbocycles. The first-order chi connectivity index (χ1) is 26.0. The lowest BCUT2D eigenvalue weighted by Gasteiger charge is -2.45. The van der Waals surface area contributed by atoms with E-state index in [1.54, 1.807) is 33.5 Å². The largest absolute Gasteiger partial charge is 0.493 e. The minimum Gasteiger partial charge on any atom is -0.493 e. The number of methoxy groups -OCH3 is 3. The van der Waals surface area contributed by atoms with Crippen LogP contribution in [0.25, 0.3) is 0 Å². The van der Waals surface area contributed by atoms with Crippen molar-refractivity contribution in [2.45, 2.75) is 50.5 Å². The topological polar surface area (TPSA) is 124 Å². The average Bonchev–Trinajstić information content (AvgIpc) is 3.63. The van der Waals surface area contributed by atoms with Gasteiger partial charge in [-0.25, -0.2) is 4.79 Å². The maximum Gasteiger partial charge on any atom is 0.318 e. The highest BCUT2D eigenvalue weighted by atomic mass is 16.5. The van der Waals surface area contributed by atoms with E-state index in [4.69, 9.17) is 14.2 Å². The molecule has 2 N–H and O–H groups in total. The van der Waals surface area contributed by atoms with Gasteiger partial charge >= 0.3 is 12.0 Å². The van der Waals surface area contributed by atoms with Gasteiger partial charge in [-0.3, -0.25) is 14.5 Å². The summed E-state index contributed by atoms with van der Waals surface area (Å²) in [6.45, 7) is 10.1. The van der Waals surface area contributed by atoms with Crippen molar-refractivity contribution in [1.29, 1.82) is 0 Å². The van der Waals surface area contributed by atoms with E-state index in [0.717, 1.165) is 50.9 Å². The van der Waals surface area contributed by atoms with E-state index in [0.29, 0.717) is 62.1 Å². The van der Waals surface area contributed by atoms with Crippen LogP contribution in [-0.2, 0) is 15.7 Å². The number of hydrogen-bond acceptors (Lipinski definition) is 8. The molecule has 12 nitrogen and oxygen atoms in total. The number of piperidine rings is 1. The van der Waals surface area contributed by atoms with Gasteiger partial charge in [-0.15, -0.1) is 0 Å². The molecule has 0 saturated carbocycles. The Balaban J connectivity index is 1.16. The second-order valence-electron chi connectivity index (χ2n) is 15.1. The summed E-state index contributed by atoms with van der Waals surface area (Å²) < 4.78 is 16.6. The zero-order valence-electron chi connectivity index (χ0n) is 32.4. The third-order valence-corrected chi connectivity index (χ3v) is 12.0. The smallest absolute Gasteiger partial charge is 0.318 e. The number of carboxylic acids is 1. The zero-order chi connectivity index (χ0) is 38.5. The molecule has 3 aromatic carbocycles. The van der Waals surface area contributed by atoms with Crippen LogP contribution in [0.4, 0.5) is 4.79 Å². The van der Waals surface area contributed by atoms with E-state index in [9.17, 15) is 19.5 Å². The first-order valence-electron chi connectivity index (χ1n) is 19.0. The van der Waals surface area contributed by atoms with Gasteiger partial charge in [0.1, 0.15) is 0 Å². The molecule has 3 amide bonds. The third-order valence-electron chi connectivity index (χ3n) is 12.0. The molecule has 0 bridgehead atoms. The monoisotopic (exact) mass is 741 g/mol. The van der Waals surface area contributed by atoms with E-state index in [-0.39, 0.29) is 23.9 Å². The van der Waals surface area contributed by atoms with Gasteiger partial charge in [0, 0.05) is 63.3 Å². The Morgan fingerprint density at radius 1 is 0.722 bits per heavy atom. The molecule has 1 unspecified atom stereocenters.